The summed E-state index contributed by atoms with van der Waals surface area (Å²) in [5.74, 6) is -1.20. The maximum atomic E-state index is 11.9. The molecule has 0 unspecified atom stereocenters. The molecule has 2 amide bonds. The fraction of sp³-hybridized carbons (Fsp3) is 0.579. The van der Waals surface area contributed by atoms with Crippen molar-refractivity contribution in [3.63, 3.8) is 0 Å². The number of hydrogen-bond donors (Lipinski definition) is 2. The lowest BCUT2D eigenvalue weighted by molar-refractivity contribution is -0.136. The number of carbonyl (C=O) groups is 2. The predicted octanol–water partition coefficient (Wildman–Crippen LogP) is 1.81. The number of hydrogen-bond acceptors (Lipinski definition) is 4. The van der Waals surface area contributed by atoms with Crippen molar-refractivity contribution in [3.05, 3.63) is 29.8 Å². The molecule has 25 heavy (non-hydrogen) atoms. The number of nitrogens with zero attached hydrogens (tertiary/aromatic N) is 1. The zero-order valence-corrected chi connectivity index (χ0v) is 15.1. The molecular weight excluding hydrogens is 318 g/mol. The third kappa shape index (κ3) is 7.23. The summed E-state index contributed by atoms with van der Waals surface area (Å²) in [5.41, 5.74) is 1.89. The monoisotopic (exact) mass is 347 g/mol. The van der Waals surface area contributed by atoms with Gasteiger partial charge in [0.1, 0.15) is 0 Å². The van der Waals surface area contributed by atoms with Crippen LogP contribution < -0.4 is 10.6 Å². The second-order valence-corrected chi connectivity index (χ2v) is 6.32. The Morgan fingerprint density at radius 1 is 1.08 bits per heavy atom. The molecule has 1 fully saturated rings. The van der Waals surface area contributed by atoms with Gasteiger partial charge >= 0.3 is 11.8 Å². The van der Waals surface area contributed by atoms with Gasteiger partial charge in [-0.05, 0) is 43.5 Å². The van der Waals surface area contributed by atoms with Crippen LogP contribution >= 0.6 is 0 Å². The van der Waals surface area contributed by atoms with Crippen LogP contribution in [0.5, 0.6) is 0 Å². The number of unbranched alkanes of at least 4 members (excludes halogenated alkanes) is 1. The molecule has 138 valence electrons. The summed E-state index contributed by atoms with van der Waals surface area (Å²) >= 11 is 0. The molecule has 0 atom stereocenters. The van der Waals surface area contributed by atoms with Crippen molar-refractivity contribution >= 4 is 17.5 Å². The van der Waals surface area contributed by atoms with Crippen molar-refractivity contribution in [2.24, 2.45) is 0 Å². The van der Waals surface area contributed by atoms with E-state index in [4.69, 9.17) is 4.74 Å². The van der Waals surface area contributed by atoms with E-state index in [1.807, 2.05) is 24.3 Å². The second-order valence-electron chi connectivity index (χ2n) is 6.32. The summed E-state index contributed by atoms with van der Waals surface area (Å²) in [6.45, 7) is 6.97. The van der Waals surface area contributed by atoms with Crippen molar-refractivity contribution < 1.29 is 14.3 Å². The van der Waals surface area contributed by atoms with E-state index in [2.05, 4.69) is 22.5 Å². The van der Waals surface area contributed by atoms with Crippen LogP contribution in [0.15, 0.2) is 24.3 Å². The Hall–Kier alpha value is -1.92. The lowest BCUT2D eigenvalue weighted by Gasteiger charge is -2.26. The lowest BCUT2D eigenvalue weighted by atomic mass is 10.1. The molecule has 1 aromatic rings. The van der Waals surface area contributed by atoms with Gasteiger partial charge < -0.3 is 15.4 Å². The highest BCUT2D eigenvalue weighted by atomic mass is 16.5. The molecule has 6 heteroatoms. The number of rotatable bonds is 8. The molecule has 0 aliphatic carbocycles. The highest BCUT2D eigenvalue weighted by molar-refractivity contribution is 6.39. The molecule has 1 heterocycles. The van der Waals surface area contributed by atoms with Gasteiger partial charge in [0, 0.05) is 25.3 Å². The van der Waals surface area contributed by atoms with Crippen molar-refractivity contribution in [2.75, 3.05) is 44.7 Å². The molecule has 1 saturated heterocycles. The van der Waals surface area contributed by atoms with E-state index in [1.54, 1.807) is 0 Å². The van der Waals surface area contributed by atoms with Gasteiger partial charge in [-0.15, -0.1) is 0 Å². The van der Waals surface area contributed by atoms with Gasteiger partial charge in [-0.2, -0.15) is 0 Å². The first-order chi connectivity index (χ1) is 12.2. The van der Waals surface area contributed by atoms with Gasteiger partial charge in [0.2, 0.25) is 0 Å². The van der Waals surface area contributed by atoms with E-state index in [-0.39, 0.29) is 0 Å². The zero-order chi connectivity index (χ0) is 17.9. The molecule has 0 bridgehead atoms. The molecule has 1 aliphatic heterocycles. The first-order valence-corrected chi connectivity index (χ1v) is 9.17. The van der Waals surface area contributed by atoms with E-state index in [0.29, 0.717) is 12.2 Å². The Bertz CT molecular complexity index is 539. The van der Waals surface area contributed by atoms with Gasteiger partial charge in [-0.1, -0.05) is 25.5 Å². The number of benzene rings is 1. The summed E-state index contributed by atoms with van der Waals surface area (Å²) in [5, 5.41) is 5.31. The Labute approximate surface area is 149 Å². The molecule has 0 aromatic heterocycles. The minimum absolute atomic E-state index is 0.500. The van der Waals surface area contributed by atoms with Gasteiger partial charge in [0.05, 0.1) is 13.2 Å². The summed E-state index contributed by atoms with van der Waals surface area (Å²) in [7, 11) is 0. The van der Waals surface area contributed by atoms with Crippen LogP contribution in [0.4, 0.5) is 5.69 Å². The lowest BCUT2D eigenvalue weighted by Crippen LogP contribution is -2.39. The molecule has 1 aliphatic rings. The van der Waals surface area contributed by atoms with E-state index in [1.165, 1.54) is 5.56 Å². The first-order valence-electron chi connectivity index (χ1n) is 9.17. The Morgan fingerprint density at radius 2 is 1.80 bits per heavy atom. The van der Waals surface area contributed by atoms with Crippen molar-refractivity contribution in [3.8, 4) is 0 Å². The van der Waals surface area contributed by atoms with E-state index in [9.17, 15) is 9.59 Å². The quantitative estimate of drug-likeness (QED) is 0.556. The van der Waals surface area contributed by atoms with Crippen LogP contribution in [0, 0.1) is 0 Å². The average molecular weight is 347 g/mol. The smallest absolute Gasteiger partial charge is 0.313 e. The summed E-state index contributed by atoms with van der Waals surface area (Å²) in [4.78, 5) is 26.1. The third-order valence-electron chi connectivity index (χ3n) is 4.28. The van der Waals surface area contributed by atoms with E-state index < -0.39 is 11.8 Å². The maximum absolute atomic E-state index is 11.9. The number of nitrogens with one attached hydrogen (secondary N) is 2. The maximum Gasteiger partial charge on any atom is 0.313 e. The Kier molecular flexibility index (Phi) is 8.42. The molecule has 1 aromatic carbocycles. The van der Waals surface area contributed by atoms with Gasteiger partial charge in [-0.25, -0.2) is 0 Å². The summed E-state index contributed by atoms with van der Waals surface area (Å²) in [6.07, 6.45) is 4.17. The summed E-state index contributed by atoms with van der Waals surface area (Å²) < 4.78 is 5.29. The highest BCUT2D eigenvalue weighted by Crippen LogP contribution is 2.11. The topological polar surface area (TPSA) is 70.7 Å². The summed E-state index contributed by atoms with van der Waals surface area (Å²) in [6, 6.07) is 7.67. The minimum atomic E-state index is -0.618. The highest BCUT2D eigenvalue weighted by Gasteiger charge is 2.14. The average Bonchev–Trinajstić information content (AvgIpc) is 2.65. The normalized spacial score (nSPS) is 14.9. The fourth-order valence-electron chi connectivity index (χ4n) is 2.73. The minimum Gasteiger partial charge on any atom is -0.379 e. The Balaban J connectivity index is 1.64. The van der Waals surface area contributed by atoms with Crippen LogP contribution in [0.1, 0.15) is 31.7 Å². The van der Waals surface area contributed by atoms with Gasteiger partial charge in [0.25, 0.3) is 0 Å². The van der Waals surface area contributed by atoms with Gasteiger partial charge in [-0.3, -0.25) is 14.5 Å². The number of amides is 2. The van der Waals surface area contributed by atoms with E-state index >= 15 is 0 Å². The molecule has 2 rings (SSSR count). The Morgan fingerprint density at radius 3 is 2.48 bits per heavy atom. The van der Waals surface area contributed by atoms with Crippen LogP contribution in [-0.2, 0) is 20.7 Å². The standard InChI is InChI=1S/C19H29N3O3/c1-2-3-5-16-6-8-17(9-7-16)21-19(24)18(23)20-10-4-11-22-12-14-25-15-13-22/h6-9H,2-5,10-15H2,1H3,(H,20,23)(H,21,24). The molecule has 2 N–H and O–H groups in total. The number of morpholine rings is 1. The van der Waals surface area contributed by atoms with Crippen LogP contribution in [0.3, 0.4) is 0 Å². The van der Waals surface area contributed by atoms with Crippen LogP contribution in [0.2, 0.25) is 0 Å². The molecule has 6 nitrogen and oxygen atoms in total. The molecular formula is C19H29N3O3. The zero-order valence-electron chi connectivity index (χ0n) is 15.1. The van der Waals surface area contributed by atoms with Crippen LogP contribution in [-0.4, -0.2) is 56.1 Å². The number of anilines is 1. The van der Waals surface area contributed by atoms with Crippen molar-refractivity contribution in [2.45, 2.75) is 32.6 Å². The van der Waals surface area contributed by atoms with E-state index in [0.717, 1.165) is 58.5 Å². The number of carbonyl (C=O) groups excluding carboxylic acids is 2. The number of ether oxygens (including phenoxy) is 1. The number of aryl methyl sites for hydroxylation is 1. The largest absolute Gasteiger partial charge is 0.379 e. The predicted molar refractivity (Wildman–Crippen MR) is 98.6 cm³/mol. The fourth-order valence-corrected chi connectivity index (χ4v) is 2.73. The van der Waals surface area contributed by atoms with Crippen molar-refractivity contribution in [1.82, 2.24) is 10.2 Å². The molecule has 0 saturated carbocycles. The SMILES string of the molecule is CCCCc1ccc(NC(=O)C(=O)NCCCN2CCOCC2)cc1. The van der Waals surface area contributed by atoms with Crippen LogP contribution in [0.25, 0.3) is 0 Å². The van der Waals surface area contributed by atoms with Gasteiger partial charge in [0.15, 0.2) is 0 Å². The van der Waals surface area contributed by atoms with Crippen molar-refractivity contribution in [1.29, 1.82) is 0 Å². The third-order valence-corrected chi connectivity index (χ3v) is 4.28. The second kappa shape index (κ2) is 10.8. The molecule has 0 radical (unpaired) electrons. The first kappa shape index (κ1) is 19.4. The molecule has 0 spiro atoms.